The van der Waals surface area contributed by atoms with Gasteiger partial charge in [-0.2, -0.15) is 0 Å². The molecule has 0 saturated heterocycles. The third-order valence-electron chi connectivity index (χ3n) is 6.40. The molecule has 0 bridgehead atoms. The number of carbonyl (C=O) groups excluding carboxylic acids is 1. The van der Waals surface area contributed by atoms with Crippen molar-refractivity contribution >= 4 is 12.0 Å². The summed E-state index contributed by atoms with van der Waals surface area (Å²) in [6, 6.07) is 16.6. The number of carbonyl (C=O) groups is 1. The Labute approximate surface area is 199 Å². The van der Waals surface area contributed by atoms with Gasteiger partial charge in [0.25, 0.3) is 0 Å². The molecule has 1 amide bonds. The lowest BCUT2D eigenvalue weighted by atomic mass is 9.75. The number of amides is 1. The molecule has 2 atom stereocenters. The van der Waals surface area contributed by atoms with Crippen LogP contribution >= 0.6 is 0 Å². The van der Waals surface area contributed by atoms with E-state index in [9.17, 15) is 15.0 Å². The number of aliphatic hydroxyl groups excluding tert-OH is 3. The molecule has 4 rings (SSSR count). The minimum atomic E-state index is -0.707. The van der Waals surface area contributed by atoms with Gasteiger partial charge in [0.15, 0.2) is 0 Å². The van der Waals surface area contributed by atoms with Gasteiger partial charge >= 0.3 is 0 Å². The number of rotatable bonds is 9. The first-order valence-electron chi connectivity index (χ1n) is 11.6. The van der Waals surface area contributed by atoms with Crippen LogP contribution < -0.4 is 5.32 Å². The molecule has 7 nitrogen and oxygen atoms in total. The number of nitrogens with one attached hydrogen (secondary N) is 1. The van der Waals surface area contributed by atoms with Crippen molar-refractivity contribution in [1.82, 2.24) is 14.9 Å². The zero-order valence-corrected chi connectivity index (χ0v) is 19.2. The third-order valence-corrected chi connectivity index (χ3v) is 6.40. The fraction of sp³-hybridized carbons (Fsp3) is 0.333. The van der Waals surface area contributed by atoms with Gasteiger partial charge < -0.3 is 25.2 Å². The Hall–Kier alpha value is -3.26. The van der Waals surface area contributed by atoms with Crippen LogP contribution in [0.4, 0.5) is 0 Å². The molecular formula is C27H31N3O4. The average molecular weight is 462 g/mol. The number of benzene rings is 2. The summed E-state index contributed by atoms with van der Waals surface area (Å²) in [6.45, 7) is 1.11. The Morgan fingerprint density at radius 3 is 2.35 bits per heavy atom. The second kappa shape index (κ2) is 10.8. The Kier molecular flexibility index (Phi) is 7.57. The number of aliphatic hydroxyl groups is 3. The lowest BCUT2D eigenvalue weighted by Gasteiger charge is -2.36. The van der Waals surface area contributed by atoms with Crippen molar-refractivity contribution in [3.8, 4) is 11.1 Å². The molecule has 1 fully saturated rings. The van der Waals surface area contributed by atoms with Gasteiger partial charge in [-0.15, -0.1) is 0 Å². The molecule has 2 aromatic carbocycles. The zero-order valence-electron chi connectivity index (χ0n) is 19.2. The van der Waals surface area contributed by atoms with Crippen LogP contribution in [0.2, 0.25) is 0 Å². The van der Waals surface area contributed by atoms with Crippen molar-refractivity contribution in [2.75, 3.05) is 13.2 Å². The van der Waals surface area contributed by atoms with Gasteiger partial charge in [-0.25, -0.2) is 4.98 Å². The van der Waals surface area contributed by atoms with Crippen molar-refractivity contribution in [3.05, 3.63) is 84.0 Å². The minimum absolute atomic E-state index is 0.0907. The number of imidazole rings is 1. The van der Waals surface area contributed by atoms with E-state index < -0.39 is 12.7 Å². The van der Waals surface area contributed by atoms with Crippen LogP contribution in [0.3, 0.4) is 0 Å². The second-order valence-corrected chi connectivity index (χ2v) is 8.81. The van der Waals surface area contributed by atoms with Crippen LogP contribution in [-0.4, -0.2) is 50.0 Å². The Morgan fingerprint density at radius 2 is 1.76 bits per heavy atom. The van der Waals surface area contributed by atoms with Gasteiger partial charge in [-0.1, -0.05) is 60.7 Å². The number of nitrogens with zero attached hydrogens (tertiary/aromatic N) is 2. The van der Waals surface area contributed by atoms with E-state index in [-0.39, 0.29) is 24.6 Å². The first-order valence-corrected chi connectivity index (χ1v) is 11.6. The molecule has 7 heteroatoms. The fourth-order valence-electron chi connectivity index (χ4n) is 4.41. The van der Waals surface area contributed by atoms with Gasteiger partial charge in [0.05, 0.1) is 12.6 Å². The third kappa shape index (κ3) is 5.44. The van der Waals surface area contributed by atoms with Crippen molar-refractivity contribution in [3.63, 3.8) is 0 Å². The van der Waals surface area contributed by atoms with Gasteiger partial charge in [0.2, 0.25) is 5.91 Å². The zero-order chi connectivity index (χ0) is 24.1. The first kappa shape index (κ1) is 23.9. The molecule has 3 aromatic rings. The fourth-order valence-corrected chi connectivity index (χ4v) is 4.41. The maximum absolute atomic E-state index is 11.3. The van der Waals surface area contributed by atoms with E-state index in [2.05, 4.69) is 46.7 Å². The van der Waals surface area contributed by atoms with Crippen LogP contribution in [0.25, 0.3) is 17.2 Å². The smallest absolute Gasteiger partial charge is 0.245 e. The molecule has 0 unspecified atom stereocenters. The average Bonchev–Trinajstić information content (AvgIpc) is 3.32. The maximum Gasteiger partial charge on any atom is 0.245 e. The predicted molar refractivity (Wildman–Crippen MR) is 131 cm³/mol. The number of hydrogen-bond acceptors (Lipinski definition) is 5. The Bertz CT molecular complexity index is 1110. The van der Waals surface area contributed by atoms with Crippen LogP contribution in [0.5, 0.6) is 0 Å². The normalized spacial score (nSPS) is 19.5. The number of aromatic nitrogens is 2. The molecule has 1 aliphatic carbocycles. The molecule has 0 spiro atoms. The van der Waals surface area contributed by atoms with E-state index in [0.29, 0.717) is 11.7 Å². The molecule has 1 saturated carbocycles. The molecular weight excluding hydrogens is 430 g/mol. The molecule has 34 heavy (non-hydrogen) atoms. The molecule has 1 heterocycles. The van der Waals surface area contributed by atoms with Crippen LogP contribution in [0, 0.1) is 0 Å². The van der Waals surface area contributed by atoms with Gasteiger partial charge in [0.1, 0.15) is 18.5 Å². The number of hydrogen-bond donors (Lipinski definition) is 4. The monoisotopic (exact) mass is 461 g/mol. The maximum atomic E-state index is 11.3. The molecule has 0 aliphatic heterocycles. The predicted octanol–water partition coefficient (Wildman–Crippen LogP) is 3.20. The lowest BCUT2D eigenvalue weighted by Crippen LogP contribution is -2.44. The van der Waals surface area contributed by atoms with E-state index in [4.69, 9.17) is 5.11 Å². The summed E-state index contributed by atoms with van der Waals surface area (Å²) in [5.41, 5.74) is 4.54. The summed E-state index contributed by atoms with van der Waals surface area (Å²) in [7, 11) is 0. The van der Waals surface area contributed by atoms with E-state index in [1.54, 1.807) is 23.9 Å². The van der Waals surface area contributed by atoms with Crippen LogP contribution in [0.1, 0.15) is 54.8 Å². The van der Waals surface area contributed by atoms with E-state index in [0.717, 1.165) is 29.5 Å². The van der Waals surface area contributed by atoms with Gasteiger partial charge in [-0.3, -0.25) is 4.79 Å². The largest absolute Gasteiger partial charge is 0.394 e. The summed E-state index contributed by atoms with van der Waals surface area (Å²) < 4.78 is 1.78. The lowest BCUT2D eigenvalue weighted by molar-refractivity contribution is -0.125. The van der Waals surface area contributed by atoms with Crippen molar-refractivity contribution < 1.29 is 20.1 Å². The highest BCUT2D eigenvalue weighted by Gasteiger charge is 2.31. The van der Waals surface area contributed by atoms with Gasteiger partial charge in [0, 0.05) is 18.4 Å². The minimum Gasteiger partial charge on any atom is -0.394 e. The highest BCUT2D eigenvalue weighted by atomic mass is 16.3. The van der Waals surface area contributed by atoms with Crippen molar-refractivity contribution in [2.24, 2.45) is 0 Å². The molecule has 1 aromatic heterocycles. The Balaban J connectivity index is 1.37. The van der Waals surface area contributed by atoms with E-state index >= 15 is 0 Å². The quantitative estimate of drug-likeness (QED) is 0.391. The molecule has 1 aliphatic rings. The van der Waals surface area contributed by atoms with E-state index in [1.165, 1.54) is 5.56 Å². The standard InChI is InChI=1S/C27H31N3O4/c1-18(33)27-28-12-13-30(27)25(16-31)11-4-19-2-5-20(6-3-19)21-7-9-22(10-8-21)23-14-24(15-23)29-26(34)17-32/h2-13,18,23-25,31-33H,14-17H2,1H3,(H,29,34)/b11-4+/t18-,23?,24?,25+/m0/s1. The summed E-state index contributed by atoms with van der Waals surface area (Å²) in [6.07, 6.45) is 8.35. The summed E-state index contributed by atoms with van der Waals surface area (Å²) in [5.74, 6) is 0.653. The summed E-state index contributed by atoms with van der Waals surface area (Å²) >= 11 is 0. The van der Waals surface area contributed by atoms with Crippen molar-refractivity contribution in [2.45, 2.75) is 43.9 Å². The van der Waals surface area contributed by atoms with E-state index in [1.807, 2.05) is 24.3 Å². The highest BCUT2D eigenvalue weighted by Crippen LogP contribution is 2.37. The molecule has 178 valence electrons. The Morgan fingerprint density at radius 1 is 1.12 bits per heavy atom. The van der Waals surface area contributed by atoms with Gasteiger partial charge in [-0.05, 0) is 47.9 Å². The summed E-state index contributed by atoms with van der Waals surface area (Å²) in [5, 5.41) is 31.3. The molecule has 4 N–H and O–H groups in total. The van der Waals surface area contributed by atoms with Crippen LogP contribution in [-0.2, 0) is 4.79 Å². The highest BCUT2D eigenvalue weighted by molar-refractivity contribution is 5.77. The second-order valence-electron chi connectivity index (χ2n) is 8.81. The van der Waals surface area contributed by atoms with Crippen molar-refractivity contribution in [1.29, 1.82) is 0 Å². The molecule has 0 radical (unpaired) electrons. The summed E-state index contributed by atoms with van der Waals surface area (Å²) in [4.78, 5) is 15.4. The van der Waals surface area contributed by atoms with Crippen LogP contribution in [0.15, 0.2) is 67.0 Å². The first-order chi connectivity index (χ1) is 16.5. The topological polar surface area (TPSA) is 108 Å². The SMILES string of the molecule is C[C@H](O)c1nccn1[C@H](/C=C/c1ccc(-c2ccc(C3CC(NC(=O)CO)C3)cc2)cc1)CO.